The number of amides is 2. The van der Waals surface area contributed by atoms with Gasteiger partial charge in [-0.15, -0.1) is 0 Å². The van der Waals surface area contributed by atoms with Crippen LogP contribution in [0, 0.1) is 11.7 Å². The van der Waals surface area contributed by atoms with E-state index in [2.05, 4.69) is 5.32 Å². The molecule has 0 bridgehead atoms. The van der Waals surface area contributed by atoms with Gasteiger partial charge in [0.25, 0.3) is 5.91 Å². The van der Waals surface area contributed by atoms with Gasteiger partial charge in [-0.1, -0.05) is 32.0 Å². The standard InChI is InChI=1S/C29H34FN3O4/c1-19(2)29(35)33-14-12-20-8-9-23(17-25(20)27(33)21-6-5-7-22(30)16-21)36-18-24-10-11-26(37-24)28(34)31-13-15-32(3)4/h5-11,16-17,19,27H,12-15,18H2,1-4H3,(H,31,34). The summed E-state index contributed by atoms with van der Waals surface area (Å²) in [5, 5.41) is 2.82. The number of hydrogen-bond donors (Lipinski definition) is 1. The Kier molecular flexibility index (Phi) is 8.28. The number of halogens is 1. The van der Waals surface area contributed by atoms with Gasteiger partial charge >= 0.3 is 0 Å². The van der Waals surface area contributed by atoms with E-state index < -0.39 is 6.04 Å². The third kappa shape index (κ3) is 6.38. The SMILES string of the molecule is CC(C)C(=O)N1CCc2ccc(OCc3ccc(C(=O)NCCN(C)C)o3)cc2C1c1cccc(F)c1. The molecule has 2 heterocycles. The van der Waals surface area contributed by atoms with Crippen LogP contribution in [0.4, 0.5) is 4.39 Å². The van der Waals surface area contributed by atoms with Crippen molar-refractivity contribution in [3.63, 3.8) is 0 Å². The van der Waals surface area contributed by atoms with E-state index in [1.54, 1.807) is 18.2 Å². The van der Waals surface area contributed by atoms with E-state index in [1.165, 1.54) is 12.1 Å². The average molecular weight is 508 g/mol. The second-order valence-electron chi connectivity index (χ2n) is 9.87. The van der Waals surface area contributed by atoms with E-state index in [-0.39, 0.29) is 35.9 Å². The number of benzene rings is 2. The number of carbonyl (C=O) groups is 2. The Balaban J connectivity index is 1.52. The summed E-state index contributed by atoms with van der Waals surface area (Å²) in [5.41, 5.74) is 2.75. The summed E-state index contributed by atoms with van der Waals surface area (Å²) in [5.74, 6) is 0.601. The van der Waals surface area contributed by atoms with Gasteiger partial charge in [-0.25, -0.2) is 4.39 Å². The lowest BCUT2D eigenvalue weighted by molar-refractivity contribution is -0.136. The number of carbonyl (C=O) groups excluding carboxylic acids is 2. The van der Waals surface area contributed by atoms with Crippen LogP contribution in [0.2, 0.25) is 0 Å². The lowest BCUT2D eigenvalue weighted by atomic mass is 9.87. The maximum atomic E-state index is 14.2. The molecule has 1 unspecified atom stereocenters. The lowest BCUT2D eigenvalue weighted by Crippen LogP contribution is -2.42. The second kappa shape index (κ2) is 11.6. The van der Waals surface area contributed by atoms with Crippen LogP contribution < -0.4 is 10.1 Å². The monoisotopic (exact) mass is 507 g/mol. The highest BCUT2D eigenvalue weighted by Crippen LogP contribution is 2.38. The summed E-state index contributed by atoms with van der Waals surface area (Å²) >= 11 is 0. The van der Waals surface area contributed by atoms with E-state index in [0.29, 0.717) is 31.0 Å². The summed E-state index contributed by atoms with van der Waals surface area (Å²) in [4.78, 5) is 29.2. The number of likely N-dealkylation sites (N-methyl/N-ethyl adjacent to an activating group) is 1. The van der Waals surface area contributed by atoms with Crippen molar-refractivity contribution in [1.29, 1.82) is 0 Å². The third-order valence-corrected chi connectivity index (χ3v) is 6.40. The highest BCUT2D eigenvalue weighted by molar-refractivity contribution is 5.91. The minimum Gasteiger partial charge on any atom is -0.486 e. The molecule has 37 heavy (non-hydrogen) atoms. The van der Waals surface area contributed by atoms with Gasteiger partial charge in [0, 0.05) is 25.6 Å². The molecular formula is C29H34FN3O4. The molecule has 8 heteroatoms. The fraction of sp³-hybridized carbons (Fsp3) is 0.379. The Morgan fingerprint density at radius 1 is 1.16 bits per heavy atom. The van der Waals surface area contributed by atoms with Gasteiger partial charge in [0.2, 0.25) is 5.91 Å². The molecule has 0 saturated heterocycles. The molecule has 0 radical (unpaired) electrons. The minimum absolute atomic E-state index is 0.0261. The molecule has 1 aromatic heterocycles. The summed E-state index contributed by atoms with van der Waals surface area (Å²) in [6.07, 6.45) is 0.713. The van der Waals surface area contributed by atoms with E-state index in [0.717, 1.165) is 23.2 Å². The molecule has 3 aromatic rings. The fourth-order valence-electron chi connectivity index (χ4n) is 4.50. The van der Waals surface area contributed by atoms with E-state index in [4.69, 9.17) is 9.15 Å². The van der Waals surface area contributed by atoms with Crippen LogP contribution in [0.3, 0.4) is 0 Å². The number of ether oxygens (including phenoxy) is 1. The quantitative estimate of drug-likeness (QED) is 0.464. The van der Waals surface area contributed by atoms with Crippen molar-refractivity contribution < 1.29 is 23.1 Å². The predicted molar refractivity (Wildman–Crippen MR) is 139 cm³/mol. The first-order valence-corrected chi connectivity index (χ1v) is 12.6. The first kappa shape index (κ1) is 26.4. The molecule has 4 rings (SSSR count). The summed E-state index contributed by atoms with van der Waals surface area (Å²) in [6.45, 7) is 5.72. The van der Waals surface area contributed by atoms with Gasteiger partial charge in [-0.3, -0.25) is 9.59 Å². The van der Waals surface area contributed by atoms with Crippen molar-refractivity contribution in [3.8, 4) is 5.75 Å². The number of hydrogen-bond acceptors (Lipinski definition) is 5. The van der Waals surface area contributed by atoms with Gasteiger partial charge < -0.3 is 24.3 Å². The number of nitrogens with zero attached hydrogens (tertiary/aromatic N) is 2. The molecule has 1 N–H and O–H groups in total. The second-order valence-corrected chi connectivity index (χ2v) is 9.87. The maximum absolute atomic E-state index is 14.2. The molecule has 0 saturated carbocycles. The van der Waals surface area contributed by atoms with Crippen LogP contribution in [-0.2, 0) is 17.8 Å². The molecule has 7 nitrogen and oxygen atoms in total. The molecule has 2 aromatic carbocycles. The molecule has 1 aliphatic rings. The summed E-state index contributed by atoms with van der Waals surface area (Å²) in [6, 6.07) is 15.2. The zero-order valence-electron chi connectivity index (χ0n) is 21.8. The van der Waals surface area contributed by atoms with Crippen molar-refractivity contribution in [2.75, 3.05) is 33.7 Å². The predicted octanol–water partition coefficient (Wildman–Crippen LogP) is 4.42. The van der Waals surface area contributed by atoms with Crippen molar-refractivity contribution in [2.24, 2.45) is 5.92 Å². The number of nitrogens with one attached hydrogen (secondary N) is 1. The topological polar surface area (TPSA) is 75.0 Å². The zero-order valence-corrected chi connectivity index (χ0v) is 21.8. The maximum Gasteiger partial charge on any atom is 0.287 e. The van der Waals surface area contributed by atoms with Gasteiger partial charge in [0.1, 0.15) is 23.9 Å². The van der Waals surface area contributed by atoms with Crippen LogP contribution in [0.5, 0.6) is 5.75 Å². The summed E-state index contributed by atoms with van der Waals surface area (Å²) in [7, 11) is 3.88. The average Bonchev–Trinajstić information content (AvgIpc) is 3.35. The molecule has 2 amide bonds. The van der Waals surface area contributed by atoms with Crippen molar-refractivity contribution in [2.45, 2.75) is 32.9 Å². The third-order valence-electron chi connectivity index (χ3n) is 6.40. The van der Waals surface area contributed by atoms with Gasteiger partial charge in [-0.05, 0) is 73.6 Å². The van der Waals surface area contributed by atoms with Gasteiger partial charge in [0.05, 0.1) is 6.04 Å². The van der Waals surface area contributed by atoms with Crippen molar-refractivity contribution in [3.05, 3.63) is 88.6 Å². The van der Waals surface area contributed by atoms with Gasteiger partial charge in [0.15, 0.2) is 5.76 Å². The Bertz CT molecular complexity index is 1250. The molecule has 0 fully saturated rings. The first-order valence-electron chi connectivity index (χ1n) is 12.6. The largest absolute Gasteiger partial charge is 0.486 e. The fourth-order valence-corrected chi connectivity index (χ4v) is 4.50. The molecule has 0 spiro atoms. The normalized spacial score (nSPS) is 15.1. The smallest absolute Gasteiger partial charge is 0.287 e. The first-order chi connectivity index (χ1) is 17.7. The van der Waals surface area contributed by atoms with Crippen LogP contribution in [-0.4, -0.2) is 55.3 Å². The Morgan fingerprint density at radius 3 is 2.70 bits per heavy atom. The van der Waals surface area contributed by atoms with Crippen LogP contribution in [0.1, 0.15) is 52.9 Å². The minimum atomic E-state index is -0.404. The number of rotatable bonds is 9. The Labute approximate surface area is 217 Å². The van der Waals surface area contributed by atoms with Crippen molar-refractivity contribution >= 4 is 11.8 Å². The van der Waals surface area contributed by atoms with Crippen LogP contribution in [0.25, 0.3) is 0 Å². The highest BCUT2D eigenvalue weighted by Gasteiger charge is 2.33. The van der Waals surface area contributed by atoms with E-state index in [1.807, 2.05) is 62.0 Å². The van der Waals surface area contributed by atoms with Crippen LogP contribution >= 0.6 is 0 Å². The lowest BCUT2D eigenvalue weighted by Gasteiger charge is -2.39. The van der Waals surface area contributed by atoms with E-state index in [9.17, 15) is 14.0 Å². The molecular weight excluding hydrogens is 473 g/mol. The zero-order chi connectivity index (χ0) is 26.5. The van der Waals surface area contributed by atoms with Crippen LogP contribution in [0.15, 0.2) is 59.0 Å². The molecule has 1 atom stereocenters. The number of fused-ring (bicyclic) bond motifs is 1. The van der Waals surface area contributed by atoms with Crippen molar-refractivity contribution in [1.82, 2.24) is 15.1 Å². The Hall–Kier alpha value is -3.65. The molecule has 0 aliphatic carbocycles. The highest BCUT2D eigenvalue weighted by atomic mass is 19.1. The molecule has 196 valence electrons. The molecule has 1 aliphatic heterocycles. The van der Waals surface area contributed by atoms with Gasteiger partial charge in [-0.2, -0.15) is 0 Å². The Morgan fingerprint density at radius 2 is 1.97 bits per heavy atom. The summed E-state index contributed by atoms with van der Waals surface area (Å²) < 4.78 is 25.8. The van der Waals surface area contributed by atoms with E-state index >= 15 is 0 Å². The number of furan rings is 1.